The predicted octanol–water partition coefficient (Wildman–Crippen LogP) is 2.07. The average Bonchev–Trinajstić information content (AvgIpc) is 3.11. The second-order valence-corrected chi connectivity index (χ2v) is 7.48. The molecular weight excluding hydrogens is 382 g/mol. The van der Waals surface area contributed by atoms with Gasteiger partial charge in [-0.1, -0.05) is 32.0 Å². The van der Waals surface area contributed by atoms with Gasteiger partial charge in [0, 0.05) is 18.8 Å². The first-order valence-corrected chi connectivity index (χ1v) is 10.5. The quantitative estimate of drug-likeness (QED) is 0.646. The molecule has 1 aliphatic heterocycles. The minimum Gasteiger partial charge on any atom is -0.477 e. The van der Waals surface area contributed by atoms with Gasteiger partial charge in [-0.25, -0.2) is 9.48 Å². The van der Waals surface area contributed by atoms with Crippen LogP contribution in [0.1, 0.15) is 26.7 Å². The highest BCUT2D eigenvalue weighted by atomic mass is 16.5. The normalized spacial score (nSPS) is 15.8. The molecule has 1 aromatic carbocycles. The van der Waals surface area contributed by atoms with E-state index in [9.17, 15) is 9.59 Å². The van der Waals surface area contributed by atoms with E-state index in [0.29, 0.717) is 31.0 Å². The van der Waals surface area contributed by atoms with Gasteiger partial charge >= 0.3 is 5.69 Å². The molecule has 1 N–H and O–H groups in total. The molecule has 0 aliphatic carbocycles. The Kier molecular flexibility index (Phi) is 5.74. The fraction of sp³-hybridized carbons (Fsp3) is 0.409. The highest BCUT2D eigenvalue weighted by Gasteiger charge is 2.31. The van der Waals surface area contributed by atoms with Crippen LogP contribution in [0.25, 0.3) is 5.65 Å². The molecule has 4 rings (SSSR count). The fourth-order valence-corrected chi connectivity index (χ4v) is 3.77. The van der Waals surface area contributed by atoms with Crippen LogP contribution in [0.3, 0.4) is 0 Å². The van der Waals surface area contributed by atoms with E-state index in [1.807, 2.05) is 36.4 Å². The van der Waals surface area contributed by atoms with Crippen LogP contribution < -0.4 is 20.6 Å². The molecule has 0 saturated carbocycles. The average molecular weight is 409 g/mol. The van der Waals surface area contributed by atoms with Gasteiger partial charge in [0.2, 0.25) is 0 Å². The van der Waals surface area contributed by atoms with E-state index in [4.69, 9.17) is 4.74 Å². The zero-order chi connectivity index (χ0) is 21.1. The lowest BCUT2D eigenvalue weighted by Crippen LogP contribution is -2.51. The summed E-state index contributed by atoms with van der Waals surface area (Å²) in [5.74, 6) is 0.573. The number of para-hydroxylation sites is 2. The number of anilines is 1. The number of ether oxygens (including phenoxy) is 1. The number of hydrogen-bond acceptors (Lipinski definition) is 5. The first-order chi connectivity index (χ1) is 14.6. The minimum atomic E-state index is -0.599. The summed E-state index contributed by atoms with van der Waals surface area (Å²) in [4.78, 5) is 27.4. The number of nitrogens with one attached hydrogen (secondary N) is 1. The Morgan fingerprint density at radius 1 is 1.17 bits per heavy atom. The Bertz CT molecular complexity index is 1090. The number of rotatable bonds is 7. The number of aromatic nitrogens is 3. The van der Waals surface area contributed by atoms with Crippen LogP contribution in [0.5, 0.6) is 5.75 Å². The summed E-state index contributed by atoms with van der Waals surface area (Å²) >= 11 is 0. The molecule has 3 aromatic rings. The number of hydrogen-bond donors (Lipinski definition) is 1. The number of nitrogens with zero attached hydrogens (tertiary/aromatic N) is 4. The second-order valence-electron chi connectivity index (χ2n) is 7.48. The second kappa shape index (κ2) is 8.61. The van der Waals surface area contributed by atoms with Crippen molar-refractivity contribution < 1.29 is 9.53 Å². The van der Waals surface area contributed by atoms with Crippen molar-refractivity contribution in [2.24, 2.45) is 0 Å². The molecule has 1 amide bonds. The van der Waals surface area contributed by atoms with Crippen molar-refractivity contribution in [1.29, 1.82) is 0 Å². The maximum atomic E-state index is 12.8. The van der Waals surface area contributed by atoms with E-state index in [1.54, 1.807) is 12.3 Å². The van der Waals surface area contributed by atoms with Gasteiger partial charge < -0.3 is 15.0 Å². The summed E-state index contributed by atoms with van der Waals surface area (Å²) in [6.07, 6.45) is 2.87. The Morgan fingerprint density at radius 3 is 2.70 bits per heavy atom. The van der Waals surface area contributed by atoms with Crippen molar-refractivity contribution in [2.75, 3.05) is 18.0 Å². The van der Waals surface area contributed by atoms with Crippen LogP contribution in [0.4, 0.5) is 5.69 Å². The van der Waals surface area contributed by atoms with Gasteiger partial charge in [-0.3, -0.25) is 9.20 Å². The van der Waals surface area contributed by atoms with Gasteiger partial charge in [0.15, 0.2) is 11.8 Å². The van der Waals surface area contributed by atoms with Crippen molar-refractivity contribution in [1.82, 2.24) is 19.5 Å². The minimum absolute atomic E-state index is 0.104. The van der Waals surface area contributed by atoms with Gasteiger partial charge in [0.25, 0.3) is 5.91 Å². The topological polar surface area (TPSA) is 80.9 Å². The SMILES string of the molecule is CCC(CC)NC(=O)C1CN(CCn2nc3ccccn3c2=O)c2ccccc2O1. The number of carbonyl (C=O) groups excluding carboxylic acids is 1. The molecule has 0 radical (unpaired) electrons. The Balaban J connectivity index is 1.53. The third kappa shape index (κ3) is 3.90. The zero-order valence-electron chi connectivity index (χ0n) is 17.3. The van der Waals surface area contributed by atoms with Gasteiger partial charge in [-0.2, -0.15) is 0 Å². The molecule has 1 unspecified atom stereocenters. The fourth-order valence-electron chi connectivity index (χ4n) is 3.77. The van der Waals surface area contributed by atoms with Gasteiger partial charge in [-0.15, -0.1) is 5.10 Å². The predicted molar refractivity (Wildman–Crippen MR) is 115 cm³/mol. The molecule has 158 valence electrons. The number of benzene rings is 1. The van der Waals surface area contributed by atoms with Crippen molar-refractivity contribution in [3.8, 4) is 5.75 Å². The monoisotopic (exact) mass is 409 g/mol. The van der Waals surface area contributed by atoms with Crippen LogP contribution in [0, 0.1) is 0 Å². The van der Waals surface area contributed by atoms with Crippen LogP contribution in [-0.2, 0) is 11.3 Å². The van der Waals surface area contributed by atoms with Crippen LogP contribution in [0.2, 0.25) is 0 Å². The summed E-state index contributed by atoms with van der Waals surface area (Å²) in [6.45, 7) is 5.49. The summed E-state index contributed by atoms with van der Waals surface area (Å²) in [6, 6.07) is 13.3. The third-order valence-electron chi connectivity index (χ3n) is 5.56. The van der Waals surface area contributed by atoms with Crippen LogP contribution in [-0.4, -0.2) is 45.3 Å². The van der Waals surface area contributed by atoms with Gasteiger partial charge in [0.05, 0.1) is 18.8 Å². The van der Waals surface area contributed by atoms with Crippen molar-refractivity contribution in [3.63, 3.8) is 0 Å². The molecule has 1 aliphatic rings. The first kappa shape index (κ1) is 20.0. The molecule has 2 aromatic heterocycles. The van der Waals surface area contributed by atoms with Gasteiger partial charge in [-0.05, 0) is 37.1 Å². The van der Waals surface area contributed by atoms with Crippen molar-refractivity contribution >= 4 is 17.2 Å². The molecule has 3 heterocycles. The molecule has 0 fully saturated rings. The number of carbonyl (C=O) groups is 1. The molecule has 30 heavy (non-hydrogen) atoms. The Hall–Kier alpha value is -3.29. The summed E-state index contributed by atoms with van der Waals surface area (Å²) in [5.41, 5.74) is 1.36. The number of fused-ring (bicyclic) bond motifs is 2. The zero-order valence-corrected chi connectivity index (χ0v) is 17.3. The number of amides is 1. The maximum Gasteiger partial charge on any atom is 0.350 e. The molecule has 0 saturated heterocycles. The standard InChI is InChI=1S/C22H27N5O3/c1-3-16(4-2)23-21(28)19-15-25(17-9-5-6-10-18(17)30-19)13-14-27-22(29)26-12-8-7-11-20(26)24-27/h5-12,16,19H,3-4,13-15H2,1-2H3,(H,23,28). The van der Waals surface area contributed by atoms with Crippen molar-refractivity contribution in [2.45, 2.75) is 45.4 Å². The molecular formula is C22H27N5O3. The highest BCUT2D eigenvalue weighted by molar-refractivity contribution is 5.83. The molecule has 8 nitrogen and oxygen atoms in total. The van der Waals surface area contributed by atoms with E-state index in [0.717, 1.165) is 18.5 Å². The van der Waals surface area contributed by atoms with Crippen LogP contribution in [0.15, 0.2) is 53.5 Å². The lowest BCUT2D eigenvalue weighted by Gasteiger charge is -2.36. The molecule has 0 bridgehead atoms. The highest BCUT2D eigenvalue weighted by Crippen LogP contribution is 2.33. The first-order valence-electron chi connectivity index (χ1n) is 10.5. The van der Waals surface area contributed by atoms with Crippen LogP contribution >= 0.6 is 0 Å². The lowest BCUT2D eigenvalue weighted by atomic mass is 10.1. The van der Waals surface area contributed by atoms with Crippen molar-refractivity contribution in [3.05, 3.63) is 59.1 Å². The van der Waals surface area contributed by atoms with Gasteiger partial charge in [0.1, 0.15) is 5.75 Å². The molecule has 1 atom stereocenters. The Morgan fingerprint density at radius 2 is 1.93 bits per heavy atom. The maximum absolute atomic E-state index is 12.8. The van der Waals surface area contributed by atoms with E-state index < -0.39 is 6.10 Å². The van der Waals surface area contributed by atoms with E-state index in [1.165, 1.54) is 9.08 Å². The summed E-state index contributed by atoms with van der Waals surface area (Å²) in [7, 11) is 0. The number of pyridine rings is 1. The molecule has 0 spiro atoms. The lowest BCUT2D eigenvalue weighted by molar-refractivity contribution is -0.128. The smallest absolute Gasteiger partial charge is 0.350 e. The van der Waals surface area contributed by atoms with E-state index in [-0.39, 0.29) is 17.6 Å². The summed E-state index contributed by atoms with van der Waals surface area (Å²) in [5, 5.41) is 7.47. The Labute approximate surface area is 175 Å². The summed E-state index contributed by atoms with van der Waals surface area (Å²) < 4.78 is 8.99. The van der Waals surface area contributed by atoms with E-state index >= 15 is 0 Å². The van der Waals surface area contributed by atoms with E-state index in [2.05, 4.69) is 29.2 Å². The third-order valence-corrected chi connectivity index (χ3v) is 5.56. The molecule has 8 heteroatoms. The largest absolute Gasteiger partial charge is 0.477 e.